The first-order valence-corrected chi connectivity index (χ1v) is 10.3. The largest absolute Gasteiger partial charge is 0.465 e. The average Bonchev–Trinajstić information content (AvgIpc) is 3.19. The van der Waals surface area contributed by atoms with Crippen molar-refractivity contribution in [3.05, 3.63) is 63.5 Å². The number of esters is 1. The van der Waals surface area contributed by atoms with Crippen LogP contribution >= 0.6 is 11.3 Å². The summed E-state index contributed by atoms with van der Waals surface area (Å²) in [5, 5.41) is 3.94. The SMILES string of the molecule is CCCCc1cnc2c(C(=O)NCCc3ccc(C(=O)OC)s3)cccc2c1. The number of para-hydroxylation sites is 1. The monoisotopic (exact) mass is 396 g/mol. The van der Waals surface area contributed by atoms with Gasteiger partial charge in [-0.25, -0.2) is 4.79 Å². The van der Waals surface area contributed by atoms with Crippen LogP contribution in [0.25, 0.3) is 10.9 Å². The van der Waals surface area contributed by atoms with Crippen molar-refractivity contribution in [1.29, 1.82) is 0 Å². The summed E-state index contributed by atoms with van der Waals surface area (Å²) in [5.74, 6) is -0.468. The third kappa shape index (κ3) is 4.75. The summed E-state index contributed by atoms with van der Waals surface area (Å²) in [7, 11) is 1.37. The van der Waals surface area contributed by atoms with Crippen LogP contribution in [0.3, 0.4) is 0 Å². The molecule has 6 heteroatoms. The fourth-order valence-electron chi connectivity index (χ4n) is 3.02. The Morgan fingerprint density at radius 3 is 2.82 bits per heavy atom. The average molecular weight is 397 g/mol. The van der Waals surface area contributed by atoms with Crippen LogP contribution in [-0.2, 0) is 17.6 Å². The van der Waals surface area contributed by atoms with Gasteiger partial charge in [0.15, 0.2) is 0 Å². The summed E-state index contributed by atoms with van der Waals surface area (Å²) in [6, 6.07) is 11.4. The first kappa shape index (κ1) is 20.0. The van der Waals surface area contributed by atoms with Crippen LogP contribution in [0.2, 0.25) is 0 Å². The number of nitrogens with one attached hydrogen (secondary N) is 1. The standard InChI is InChI=1S/C22H24N2O3S/c1-3-4-6-15-13-16-7-5-8-18(20(16)24-14-15)21(25)23-12-11-17-9-10-19(28-17)22(26)27-2/h5,7-10,13-14H,3-4,6,11-12H2,1-2H3,(H,23,25). The molecule has 3 aromatic rings. The number of hydrogen-bond acceptors (Lipinski definition) is 5. The number of nitrogens with zero attached hydrogens (tertiary/aromatic N) is 1. The molecule has 0 saturated carbocycles. The van der Waals surface area contributed by atoms with Gasteiger partial charge >= 0.3 is 5.97 Å². The van der Waals surface area contributed by atoms with Gasteiger partial charge in [0.1, 0.15) is 4.88 Å². The van der Waals surface area contributed by atoms with Crippen molar-refractivity contribution in [3.63, 3.8) is 0 Å². The first-order chi connectivity index (χ1) is 13.6. The molecule has 0 fully saturated rings. The van der Waals surface area contributed by atoms with E-state index in [-0.39, 0.29) is 11.9 Å². The van der Waals surface area contributed by atoms with Crippen LogP contribution < -0.4 is 5.32 Å². The van der Waals surface area contributed by atoms with Gasteiger partial charge in [0.25, 0.3) is 5.91 Å². The highest BCUT2D eigenvalue weighted by atomic mass is 32.1. The molecular formula is C22H24N2O3S. The number of thiophene rings is 1. The fraction of sp³-hybridized carbons (Fsp3) is 0.318. The lowest BCUT2D eigenvalue weighted by molar-refractivity contribution is 0.0606. The second kappa shape index (κ2) is 9.46. The van der Waals surface area contributed by atoms with Crippen molar-refractivity contribution in [2.75, 3.05) is 13.7 Å². The van der Waals surface area contributed by atoms with Crippen LogP contribution in [0.1, 0.15) is 50.2 Å². The summed E-state index contributed by atoms with van der Waals surface area (Å²) in [5.41, 5.74) is 2.51. The Labute approximate surface area is 168 Å². The van der Waals surface area contributed by atoms with Gasteiger partial charge < -0.3 is 10.1 Å². The van der Waals surface area contributed by atoms with E-state index in [4.69, 9.17) is 4.74 Å². The number of aromatic nitrogens is 1. The number of aryl methyl sites for hydroxylation is 1. The smallest absolute Gasteiger partial charge is 0.348 e. The number of hydrogen-bond donors (Lipinski definition) is 1. The van der Waals surface area contributed by atoms with Gasteiger partial charge in [-0.2, -0.15) is 0 Å². The zero-order valence-corrected chi connectivity index (χ0v) is 17.0. The Hall–Kier alpha value is -2.73. The number of pyridine rings is 1. The van der Waals surface area contributed by atoms with Crippen LogP contribution in [0, 0.1) is 0 Å². The number of methoxy groups -OCH3 is 1. The third-order valence-corrected chi connectivity index (χ3v) is 5.66. The minimum Gasteiger partial charge on any atom is -0.465 e. The number of carbonyl (C=O) groups is 2. The first-order valence-electron chi connectivity index (χ1n) is 9.45. The Morgan fingerprint density at radius 1 is 1.18 bits per heavy atom. The lowest BCUT2D eigenvalue weighted by Gasteiger charge is -2.08. The van der Waals surface area contributed by atoms with E-state index in [2.05, 4.69) is 23.3 Å². The van der Waals surface area contributed by atoms with Gasteiger partial charge in [0, 0.05) is 23.0 Å². The number of unbranched alkanes of at least 4 members (excludes halogenated alkanes) is 1. The number of ether oxygens (including phenoxy) is 1. The molecule has 0 radical (unpaired) electrons. The Kier molecular flexibility index (Phi) is 6.76. The molecule has 0 spiro atoms. The van der Waals surface area contributed by atoms with E-state index < -0.39 is 0 Å². The van der Waals surface area contributed by atoms with Crippen LogP contribution in [0.4, 0.5) is 0 Å². The Bertz CT molecular complexity index is 981. The van der Waals surface area contributed by atoms with Gasteiger partial charge in [-0.3, -0.25) is 9.78 Å². The number of benzene rings is 1. The van der Waals surface area contributed by atoms with Gasteiger partial charge in [0.2, 0.25) is 0 Å². The molecule has 146 valence electrons. The third-order valence-electron chi connectivity index (χ3n) is 4.54. The summed E-state index contributed by atoms with van der Waals surface area (Å²) in [6.07, 6.45) is 5.81. The number of fused-ring (bicyclic) bond motifs is 1. The van der Waals surface area contributed by atoms with E-state index >= 15 is 0 Å². The van der Waals surface area contributed by atoms with Crippen molar-refractivity contribution < 1.29 is 14.3 Å². The molecule has 2 heterocycles. The molecule has 1 amide bonds. The summed E-state index contributed by atoms with van der Waals surface area (Å²) >= 11 is 1.39. The molecule has 0 saturated heterocycles. The van der Waals surface area contributed by atoms with E-state index in [1.165, 1.54) is 24.0 Å². The van der Waals surface area contributed by atoms with E-state index in [1.807, 2.05) is 24.4 Å². The number of rotatable bonds is 8. The number of amides is 1. The summed E-state index contributed by atoms with van der Waals surface area (Å²) in [6.45, 7) is 2.66. The molecule has 0 unspecified atom stereocenters. The summed E-state index contributed by atoms with van der Waals surface area (Å²) < 4.78 is 4.72. The van der Waals surface area contributed by atoms with Gasteiger partial charge in [-0.15, -0.1) is 11.3 Å². The predicted octanol–water partition coefficient (Wildman–Crippen LogP) is 4.40. The lowest BCUT2D eigenvalue weighted by atomic mass is 10.0. The quantitative estimate of drug-likeness (QED) is 0.573. The Morgan fingerprint density at radius 2 is 2.04 bits per heavy atom. The van der Waals surface area contributed by atoms with Crippen molar-refractivity contribution in [1.82, 2.24) is 10.3 Å². The van der Waals surface area contributed by atoms with Gasteiger partial charge in [-0.05, 0) is 49.1 Å². The Balaban J connectivity index is 1.64. The molecule has 3 rings (SSSR count). The normalized spacial score (nSPS) is 10.8. The van der Waals surface area contributed by atoms with Crippen molar-refractivity contribution in [3.8, 4) is 0 Å². The molecule has 28 heavy (non-hydrogen) atoms. The zero-order valence-electron chi connectivity index (χ0n) is 16.2. The van der Waals surface area contributed by atoms with E-state index in [9.17, 15) is 9.59 Å². The maximum atomic E-state index is 12.6. The van der Waals surface area contributed by atoms with Crippen LogP contribution in [0.5, 0.6) is 0 Å². The van der Waals surface area contributed by atoms with Crippen molar-refractivity contribution in [2.24, 2.45) is 0 Å². The predicted molar refractivity (Wildman–Crippen MR) is 112 cm³/mol. The minimum atomic E-state index is -0.333. The maximum absolute atomic E-state index is 12.6. The van der Waals surface area contributed by atoms with Crippen molar-refractivity contribution >= 4 is 34.1 Å². The molecule has 0 aliphatic carbocycles. The van der Waals surface area contributed by atoms with E-state index in [0.29, 0.717) is 23.4 Å². The molecule has 5 nitrogen and oxygen atoms in total. The van der Waals surface area contributed by atoms with Crippen molar-refractivity contribution in [2.45, 2.75) is 32.6 Å². The second-order valence-corrected chi connectivity index (χ2v) is 7.76. The van der Waals surface area contributed by atoms with E-state index in [1.54, 1.807) is 12.1 Å². The highest BCUT2D eigenvalue weighted by molar-refractivity contribution is 7.13. The minimum absolute atomic E-state index is 0.135. The number of carbonyl (C=O) groups excluding carboxylic acids is 2. The van der Waals surface area contributed by atoms with Gasteiger partial charge in [0.05, 0.1) is 18.2 Å². The lowest BCUT2D eigenvalue weighted by Crippen LogP contribution is -2.25. The summed E-state index contributed by atoms with van der Waals surface area (Å²) in [4.78, 5) is 30.3. The molecule has 1 N–H and O–H groups in total. The fourth-order valence-corrected chi connectivity index (χ4v) is 3.95. The van der Waals surface area contributed by atoms with Crippen LogP contribution in [-0.4, -0.2) is 30.5 Å². The maximum Gasteiger partial charge on any atom is 0.348 e. The van der Waals surface area contributed by atoms with Gasteiger partial charge in [-0.1, -0.05) is 25.5 Å². The highest BCUT2D eigenvalue weighted by Crippen LogP contribution is 2.20. The molecule has 0 aliphatic rings. The topological polar surface area (TPSA) is 68.3 Å². The molecule has 1 aromatic carbocycles. The molecule has 0 atom stereocenters. The molecule has 0 aliphatic heterocycles. The van der Waals surface area contributed by atoms with Crippen LogP contribution in [0.15, 0.2) is 42.6 Å². The molecule has 2 aromatic heterocycles. The second-order valence-electron chi connectivity index (χ2n) is 6.59. The van der Waals surface area contributed by atoms with E-state index in [0.717, 1.165) is 35.0 Å². The zero-order chi connectivity index (χ0) is 19.9. The molecular weight excluding hydrogens is 372 g/mol. The highest BCUT2D eigenvalue weighted by Gasteiger charge is 2.12. The molecule has 0 bridgehead atoms.